The number of allylic oxidation sites excluding steroid dienone is 1. The fourth-order valence-corrected chi connectivity index (χ4v) is 3.69. The van der Waals surface area contributed by atoms with Crippen LogP contribution in [0.5, 0.6) is 0 Å². The number of aromatic nitrogens is 3. The molecule has 2 aromatic heterocycles. The lowest BCUT2D eigenvalue weighted by molar-refractivity contribution is -0.165. The Morgan fingerprint density at radius 1 is 1.15 bits per heavy atom. The van der Waals surface area contributed by atoms with Crippen LogP contribution >= 0.6 is 0 Å². The first-order valence-electron chi connectivity index (χ1n) is 12.2. The molecule has 1 aliphatic rings. The number of nitrogens with one attached hydrogen (secondary N) is 4. The van der Waals surface area contributed by atoms with Gasteiger partial charge in [-0.05, 0) is 43.9 Å². The van der Waals surface area contributed by atoms with E-state index in [0.29, 0.717) is 16.8 Å². The molecule has 0 spiro atoms. The van der Waals surface area contributed by atoms with Crippen LogP contribution in [0.3, 0.4) is 0 Å². The highest BCUT2D eigenvalue weighted by Gasteiger charge is 2.66. The quantitative estimate of drug-likeness (QED) is 0.172. The first kappa shape index (κ1) is 28.7. The minimum atomic E-state index is -4.48. The number of aliphatic hydroxyl groups excluding tert-OH is 1. The molecule has 4 rings (SSSR count). The molecule has 10 nitrogen and oxygen atoms in total. The third-order valence-electron chi connectivity index (χ3n) is 6.36. The zero-order chi connectivity index (χ0) is 29.1. The minimum Gasteiger partial charge on any atom is -0.394 e. The SMILES string of the molecule is CC(C)(CO)N/C=C(\C=N)Nc1ncc(-c2ccc(CC(=O)Nc3cc(C4(C(F)(F)F)CC4)on3)c(F)c2)cn1. The summed E-state index contributed by atoms with van der Waals surface area (Å²) in [5.74, 6) is -1.69. The van der Waals surface area contributed by atoms with Crippen molar-refractivity contribution < 1.29 is 32.0 Å². The summed E-state index contributed by atoms with van der Waals surface area (Å²) in [6.45, 7) is 3.45. The Balaban J connectivity index is 1.37. The summed E-state index contributed by atoms with van der Waals surface area (Å²) in [5.41, 5.74) is -1.29. The number of halogens is 4. The summed E-state index contributed by atoms with van der Waals surface area (Å²) in [4.78, 5) is 20.7. The van der Waals surface area contributed by atoms with E-state index in [4.69, 9.17) is 9.93 Å². The number of alkyl halides is 3. The summed E-state index contributed by atoms with van der Waals surface area (Å²) in [6.07, 6.45) is 0.411. The van der Waals surface area contributed by atoms with E-state index in [1.54, 1.807) is 19.9 Å². The van der Waals surface area contributed by atoms with Crippen LogP contribution in [0.4, 0.5) is 29.3 Å². The number of hydrogen-bond acceptors (Lipinski definition) is 9. The number of amides is 1. The van der Waals surface area contributed by atoms with Crippen LogP contribution in [0.25, 0.3) is 11.1 Å². The Labute approximate surface area is 226 Å². The van der Waals surface area contributed by atoms with Crippen LogP contribution in [0, 0.1) is 11.2 Å². The normalized spacial score (nSPS) is 14.9. The van der Waals surface area contributed by atoms with Gasteiger partial charge in [0.25, 0.3) is 0 Å². The lowest BCUT2D eigenvalue weighted by atomic mass is 10.0. The number of anilines is 2. The summed E-state index contributed by atoms with van der Waals surface area (Å²) >= 11 is 0. The van der Waals surface area contributed by atoms with Crippen molar-refractivity contribution in [2.24, 2.45) is 0 Å². The molecule has 1 saturated carbocycles. The van der Waals surface area contributed by atoms with Crippen molar-refractivity contribution in [2.45, 2.75) is 50.2 Å². The maximum Gasteiger partial charge on any atom is 0.401 e. The molecule has 3 aromatic rings. The molecule has 1 aliphatic carbocycles. The van der Waals surface area contributed by atoms with E-state index >= 15 is 0 Å². The van der Waals surface area contributed by atoms with Gasteiger partial charge in [-0.15, -0.1) is 0 Å². The van der Waals surface area contributed by atoms with Crippen molar-refractivity contribution in [3.05, 3.63) is 65.7 Å². The summed E-state index contributed by atoms with van der Waals surface area (Å²) < 4.78 is 59.4. The van der Waals surface area contributed by atoms with Crippen molar-refractivity contribution in [3.8, 4) is 11.1 Å². The Bertz CT molecular complexity index is 1410. The Morgan fingerprint density at radius 2 is 1.85 bits per heavy atom. The maximum atomic E-state index is 14.8. The van der Waals surface area contributed by atoms with E-state index in [1.165, 1.54) is 30.7 Å². The first-order valence-corrected chi connectivity index (χ1v) is 12.2. The van der Waals surface area contributed by atoms with Gasteiger partial charge < -0.3 is 31.0 Å². The second kappa shape index (κ2) is 11.0. The second-order valence-electron chi connectivity index (χ2n) is 10.0. The molecule has 0 aliphatic heterocycles. The topological polar surface area (TPSA) is 149 Å². The van der Waals surface area contributed by atoms with Gasteiger partial charge in [0.2, 0.25) is 11.9 Å². The standard InChI is InChI=1S/C26H27F4N7O3/c1-24(2,14-38)34-13-18(10-31)35-23-32-11-17(12-33-23)15-3-4-16(19(27)7-15)8-22(39)36-21-9-20(40-37-21)25(5-6-25)26(28,29)30/h3-4,7,9-13,31,34,38H,5-6,8,14H2,1-2H3,(H,32,33,35)(H,36,37,39)/b18-13+,31-10?. The van der Waals surface area contributed by atoms with Gasteiger partial charge in [-0.2, -0.15) is 13.2 Å². The first-order chi connectivity index (χ1) is 18.9. The monoisotopic (exact) mass is 561 g/mol. The number of carbonyl (C=O) groups excluding carboxylic acids is 1. The highest BCUT2D eigenvalue weighted by Crippen LogP contribution is 2.59. The molecular formula is C26H27F4N7O3. The zero-order valence-corrected chi connectivity index (χ0v) is 21.6. The van der Waals surface area contributed by atoms with Crippen LogP contribution in [0.15, 0.2) is 53.1 Å². The summed E-state index contributed by atoms with van der Waals surface area (Å²) in [7, 11) is 0. The molecule has 0 radical (unpaired) electrons. The van der Waals surface area contributed by atoms with Crippen molar-refractivity contribution >= 4 is 23.9 Å². The molecular weight excluding hydrogens is 534 g/mol. The predicted octanol–water partition coefficient (Wildman–Crippen LogP) is 4.31. The van der Waals surface area contributed by atoms with Crippen molar-refractivity contribution in [2.75, 3.05) is 17.2 Å². The lowest BCUT2D eigenvalue weighted by Gasteiger charge is -2.22. The fraction of sp³-hybridized carbons (Fsp3) is 0.346. The van der Waals surface area contributed by atoms with Crippen molar-refractivity contribution in [1.82, 2.24) is 20.4 Å². The van der Waals surface area contributed by atoms with Gasteiger partial charge in [0.05, 0.1) is 24.3 Å². The molecule has 2 heterocycles. The Morgan fingerprint density at radius 3 is 2.42 bits per heavy atom. The molecule has 0 unspecified atom stereocenters. The fourth-order valence-electron chi connectivity index (χ4n) is 3.69. The number of rotatable bonds is 11. The van der Waals surface area contributed by atoms with Gasteiger partial charge in [0.15, 0.2) is 11.6 Å². The van der Waals surface area contributed by atoms with Gasteiger partial charge in [0.1, 0.15) is 11.2 Å². The van der Waals surface area contributed by atoms with Crippen LogP contribution < -0.4 is 16.0 Å². The lowest BCUT2D eigenvalue weighted by Crippen LogP contribution is -2.39. The number of carbonyl (C=O) groups is 1. The van der Waals surface area contributed by atoms with E-state index in [0.717, 1.165) is 12.3 Å². The Hall–Kier alpha value is -4.33. The average Bonchev–Trinajstić information content (AvgIpc) is 3.62. The van der Waals surface area contributed by atoms with Crippen molar-refractivity contribution in [1.29, 1.82) is 5.41 Å². The van der Waals surface area contributed by atoms with Gasteiger partial charge >= 0.3 is 6.18 Å². The zero-order valence-electron chi connectivity index (χ0n) is 21.6. The number of hydrogen-bond donors (Lipinski definition) is 5. The molecule has 0 saturated heterocycles. The van der Waals surface area contributed by atoms with Crippen molar-refractivity contribution in [3.63, 3.8) is 0 Å². The van der Waals surface area contributed by atoms with E-state index in [9.17, 15) is 27.5 Å². The highest BCUT2D eigenvalue weighted by atomic mass is 19.4. The number of benzene rings is 1. The molecule has 1 amide bonds. The van der Waals surface area contributed by atoms with Gasteiger partial charge in [-0.3, -0.25) is 4.79 Å². The largest absolute Gasteiger partial charge is 0.401 e. The molecule has 212 valence electrons. The van der Waals surface area contributed by atoms with E-state index in [2.05, 4.69) is 31.1 Å². The summed E-state index contributed by atoms with van der Waals surface area (Å²) in [5, 5.41) is 28.5. The molecule has 40 heavy (non-hydrogen) atoms. The molecule has 0 atom stereocenters. The minimum absolute atomic E-state index is 0.0668. The van der Waals surface area contributed by atoms with E-state index in [1.807, 2.05) is 0 Å². The van der Waals surface area contributed by atoms with Crippen LogP contribution in [0.1, 0.15) is 38.0 Å². The van der Waals surface area contributed by atoms with Gasteiger partial charge in [0, 0.05) is 36.4 Å². The van der Waals surface area contributed by atoms with Gasteiger partial charge in [-0.25, -0.2) is 14.4 Å². The number of nitrogens with zero attached hydrogens (tertiary/aromatic N) is 3. The van der Waals surface area contributed by atoms with E-state index in [-0.39, 0.29) is 49.0 Å². The molecule has 0 bridgehead atoms. The smallest absolute Gasteiger partial charge is 0.394 e. The third-order valence-corrected chi connectivity index (χ3v) is 6.36. The predicted molar refractivity (Wildman–Crippen MR) is 138 cm³/mol. The number of aliphatic hydroxyl groups is 1. The highest BCUT2D eigenvalue weighted by molar-refractivity contribution is 5.91. The summed E-state index contributed by atoms with van der Waals surface area (Å²) in [6, 6.07) is 5.25. The molecule has 14 heteroatoms. The molecule has 1 fully saturated rings. The second-order valence-corrected chi connectivity index (χ2v) is 10.0. The van der Waals surface area contributed by atoms with E-state index < -0.39 is 28.9 Å². The van der Waals surface area contributed by atoms with Crippen LogP contribution in [-0.4, -0.2) is 50.7 Å². The average molecular weight is 562 g/mol. The van der Waals surface area contributed by atoms with Gasteiger partial charge in [-0.1, -0.05) is 17.3 Å². The van der Waals surface area contributed by atoms with Crippen LogP contribution in [0.2, 0.25) is 0 Å². The molecule has 5 N–H and O–H groups in total. The third kappa shape index (κ3) is 6.45. The Kier molecular flexibility index (Phi) is 7.91. The maximum absolute atomic E-state index is 14.8. The van der Waals surface area contributed by atoms with Crippen LogP contribution in [-0.2, 0) is 16.6 Å². The molecule has 1 aromatic carbocycles.